The number of fused-ring (bicyclic) bond motifs is 1. The fourth-order valence-corrected chi connectivity index (χ4v) is 3.21. The molecule has 0 unspecified atom stereocenters. The minimum Gasteiger partial charge on any atom is -0.235 e. The quantitative estimate of drug-likeness (QED) is 0.680. The zero-order chi connectivity index (χ0) is 16.2. The van der Waals surface area contributed by atoms with E-state index < -0.39 is 11.7 Å². The number of imidazole rings is 1. The summed E-state index contributed by atoms with van der Waals surface area (Å²) in [5, 5.41) is 4.52. The van der Waals surface area contributed by atoms with Crippen LogP contribution in [0.25, 0.3) is 5.65 Å². The molecule has 0 amide bonds. The Labute approximate surface area is 134 Å². The van der Waals surface area contributed by atoms with Gasteiger partial charge in [-0.15, -0.1) is 0 Å². The molecule has 4 rings (SSSR count). The van der Waals surface area contributed by atoms with Crippen molar-refractivity contribution in [3.8, 4) is 0 Å². The van der Waals surface area contributed by atoms with Gasteiger partial charge in [-0.05, 0) is 42.0 Å². The van der Waals surface area contributed by atoms with Gasteiger partial charge in [0.05, 0.1) is 5.56 Å². The van der Waals surface area contributed by atoms with Crippen LogP contribution in [0.4, 0.5) is 13.2 Å². The summed E-state index contributed by atoms with van der Waals surface area (Å²) in [4.78, 5) is 4.29. The van der Waals surface area contributed by atoms with Crippen molar-refractivity contribution < 1.29 is 13.2 Å². The zero-order valence-corrected chi connectivity index (χ0v) is 12.5. The zero-order valence-electron chi connectivity index (χ0n) is 11.8. The maximum absolute atomic E-state index is 12.6. The van der Waals surface area contributed by atoms with Gasteiger partial charge in [0, 0.05) is 18.0 Å². The monoisotopic (exact) mass is 337 g/mol. The number of alkyl halides is 3. The van der Waals surface area contributed by atoms with Crippen molar-refractivity contribution in [3.63, 3.8) is 0 Å². The molecule has 0 N–H and O–H groups in total. The molecule has 0 bridgehead atoms. The third-order valence-corrected chi connectivity index (χ3v) is 4.40. The first-order chi connectivity index (χ1) is 10.9. The summed E-state index contributed by atoms with van der Waals surface area (Å²) in [6, 6.07) is 7.17. The van der Waals surface area contributed by atoms with E-state index in [2.05, 4.69) is 10.1 Å². The van der Waals surface area contributed by atoms with Crippen LogP contribution in [-0.2, 0) is 6.18 Å². The summed E-state index contributed by atoms with van der Waals surface area (Å²) in [5.41, 5.74) is 2.01. The highest BCUT2D eigenvalue weighted by Crippen LogP contribution is 2.55. The molecule has 1 aliphatic carbocycles. The van der Waals surface area contributed by atoms with Gasteiger partial charge in [0.1, 0.15) is 5.15 Å². The number of halogens is 4. The van der Waals surface area contributed by atoms with Crippen LogP contribution in [0.2, 0.25) is 5.15 Å². The molecule has 3 aromatic rings. The molecule has 7 heteroatoms. The third kappa shape index (κ3) is 2.57. The van der Waals surface area contributed by atoms with Crippen molar-refractivity contribution >= 4 is 17.2 Å². The van der Waals surface area contributed by atoms with Crippen LogP contribution in [0.5, 0.6) is 0 Å². The molecule has 2 aromatic heterocycles. The van der Waals surface area contributed by atoms with E-state index in [-0.39, 0.29) is 11.8 Å². The molecule has 2 atom stereocenters. The number of aromatic nitrogens is 3. The second-order valence-corrected chi connectivity index (χ2v) is 6.07. The van der Waals surface area contributed by atoms with Gasteiger partial charge in [0.2, 0.25) is 0 Å². The van der Waals surface area contributed by atoms with E-state index >= 15 is 0 Å². The summed E-state index contributed by atoms with van der Waals surface area (Å²) in [6.45, 7) is 0. The minimum atomic E-state index is -4.30. The van der Waals surface area contributed by atoms with E-state index in [1.807, 2.05) is 0 Å². The van der Waals surface area contributed by atoms with Crippen LogP contribution in [0, 0.1) is 0 Å². The largest absolute Gasteiger partial charge is 0.416 e. The molecule has 0 spiro atoms. The van der Waals surface area contributed by atoms with Gasteiger partial charge in [-0.3, -0.25) is 0 Å². The molecule has 1 aliphatic rings. The molecular formula is C16H11ClF3N3. The second kappa shape index (κ2) is 4.96. The number of nitrogens with zero attached hydrogens (tertiary/aromatic N) is 3. The van der Waals surface area contributed by atoms with Crippen molar-refractivity contribution in [2.24, 2.45) is 0 Å². The van der Waals surface area contributed by atoms with E-state index in [1.165, 1.54) is 0 Å². The maximum Gasteiger partial charge on any atom is 0.416 e. The number of hydrogen-bond acceptors (Lipinski definition) is 2. The summed E-state index contributed by atoms with van der Waals surface area (Å²) in [5.74, 6) is 0.397. The van der Waals surface area contributed by atoms with E-state index in [4.69, 9.17) is 11.6 Å². The van der Waals surface area contributed by atoms with Crippen LogP contribution in [0.3, 0.4) is 0 Å². The van der Waals surface area contributed by atoms with Gasteiger partial charge >= 0.3 is 6.18 Å². The van der Waals surface area contributed by atoms with E-state index in [9.17, 15) is 13.2 Å². The Hall–Kier alpha value is -2.08. The van der Waals surface area contributed by atoms with Gasteiger partial charge in [-0.25, -0.2) is 9.50 Å². The van der Waals surface area contributed by atoms with E-state index in [0.29, 0.717) is 5.15 Å². The Morgan fingerprint density at radius 1 is 1.13 bits per heavy atom. The Morgan fingerprint density at radius 3 is 2.57 bits per heavy atom. The first kappa shape index (κ1) is 14.5. The molecule has 23 heavy (non-hydrogen) atoms. The highest BCUT2D eigenvalue weighted by molar-refractivity contribution is 6.29. The molecule has 1 fully saturated rings. The van der Waals surface area contributed by atoms with Crippen molar-refractivity contribution in [1.82, 2.24) is 14.6 Å². The summed E-state index contributed by atoms with van der Waals surface area (Å²) < 4.78 is 39.5. The fourth-order valence-electron chi connectivity index (χ4n) is 3.01. The number of hydrogen-bond donors (Lipinski definition) is 0. The predicted molar refractivity (Wildman–Crippen MR) is 79.5 cm³/mol. The molecule has 1 saturated carbocycles. The van der Waals surface area contributed by atoms with Gasteiger partial charge in [-0.1, -0.05) is 23.7 Å². The lowest BCUT2D eigenvalue weighted by Gasteiger charge is -2.08. The SMILES string of the molecule is FC(F)(F)c1ccc([C@H]2C[C@@H]2c2cc(Cl)nn3ccnc23)cc1. The summed E-state index contributed by atoms with van der Waals surface area (Å²) in [6.07, 6.45) is -0.0613. The lowest BCUT2D eigenvalue weighted by molar-refractivity contribution is -0.137. The highest BCUT2D eigenvalue weighted by atomic mass is 35.5. The topological polar surface area (TPSA) is 30.2 Å². The third-order valence-electron chi connectivity index (χ3n) is 4.21. The molecule has 0 radical (unpaired) electrons. The number of benzene rings is 1. The maximum atomic E-state index is 12.6. The average Bonchev–Trinajstić information content (AvgIpc) is 3.16. The smallest absolute Gasteiger partial charge is 0.235 e. The van der Waals surface area contributed by atoms with Crippen LogP contribution >= 0.6 is 11.6 Å². The lowest BCUT2D eigenvalue weighted by Crippen LogP contribution is -2.04. The Kier molecular flexibility index (Phi) is 3.13. The first-order valence-corrected chi connectivity index (χ1v) is 7.48. The standard InChI is InChI=1S/C16H11ClF3N3/c17-14-8-13(15-21-5-6-23(15)22-14)12-7-11(12)9-1-3-10(4-2-9)16(18,19)20/h1-6,8,11-12H,7H2/t11-,12+/m1/s1. The van der Waals surface area contributed by atoms with Gasteiger partial charge in [-0.2, -0.15) is 18.3 Å². The first-order valence-electron chi connectivity index (χ1n) is 7.10. The Balaban J connectivity index is 1.63. The van der Waals surface area contributed by atoms with Crippen LogP contribution < -0.4 is 0 Å². The fraction of sp³-hybridized carbons (Fsp3) is 0.250. The Morgan fingerprint density at radius 2 is 1.87 bits per heavy atom. The second-order valence-electron chi connectivity index (χ2n) is 5.69. The van der Waals surface area contributed by atoms with Crippen molar-refractivity contribution in [2.75, 3.05) is 0 Å². The van der Waals surface area contributed by atoms with Crippen LogP contribution in [-0.4, -0.2) is 14.6 Å². The molecule has 2 heterocycles. The predicted octanol–water partition coefficient (Wildman–Crippen LogP) is 4.67. The Bertz CT molecular complexity index is 870. The van der Waals surface area contributed by atoms with E-state index in [0.717, 1.165) is 35.3 Å². The van der Waals surface area contributed by atoms with Crippen molar-refractivity contribution in [1.29, 1.82) is 0 Å². The average molecular weight is 338 g/mol. The normalized spacial score (nSPS) is 20.9. The molecule has 118 valence electrons. The van der Waals surface area contributed by atoms with Crippen LogP contribution in [0.1, 0.15) is 34.9 Å². The van der Waals surface area contributed by atoms with Gasteiger partial charge in [0.25, 0.3) is 0 Å². The molecular weight excluding hydrogens is 327 g/mol. The highest BCUT2D eigenvalue weighted by Gasteiger charge is 2.41. The van der Waals surface area contributed by atoms with Crippen LogP contribution in [0.15, 0.2) is 42.7 Å². The van der Waals surface area contributed by atoms with Gasteiger partial charge in [0.15, 0.2) is 5.65 Å². The lowest BCUT2D eigenvalue weighted by atomic mass is 10.0. The summed E-state index contributed by atoms with van der Waals surface area (Å²) >= 11 is 6.03. The number of rotatable bonds is 2. The van der Waals surface area contributed by atoms with E-state index in [1.54, 1.807) is 35.1 Å². The molecule has 0 saturated heterocycles. The summed E-state index contributed by atoms with van der Waals surface area (Å²) in [7, 11) is 0. The minimum absolute atomic E-state index is 0.191. The molecule has 0 aliphatic heterocycles. The van der Waals surface area contributed by atoms with Crippen molar-refractivity contribution in [2.45, 2.75) is 24.4 Å². The van der Waals surface area contributed by atoms with Crippen molar-refractivity contribution in [3.05, 3.63) is 64.6 Å². The van der Waals surface area contributed by atoms with Gasteiger partial charge < -0.3 is 0 Å². The molecule has 3 nitrogen and oxygen atoms in total. The molecule has 1 aromatic carbocycles.